The first-order valence-corrected chi connectivity index (χ1v) is 8.23. The normalized spacial score (nSPS) is 15.8. The van der Waals surface area contributed by atoms with Crippen molar-refractivity contribution in [3.05, 3.63) is 70.8 Å². The van der Waals surface area contributed by atoms with Gasteiger partial charge in [-0.05, 0) is 48.7 Å². The second kappa shape index (κ2) is 7.18. The average molecular weight is 333 g/mol. The van der Waals surface area contributed by atoms with Crippen LogP contribution in [0.25, 0.3) is 0 Å². The predicted octanol–water partition coefficient (Wildman–Crippen LogP) is 2.26. The number of carbonyl (C=O) groups is 2. The van der Waals surface area contributed by atoms with Gasteiger partial charge in [0.1, 0.15) is 0 Å². The number of hydrogen-bond donors (Lipinski definition) is 1. The highest BCUT2D eigenvalue weighted by Gasteiger charge is 2.26. The van der Waals surface area contributed by atoms with Crippen LogP contribution in [0.1, 0.15) is 34.0 Å². The third-order valence-corrected chi connectivity index (χ3v) is 4.50. The van der Waals surface area contributed by atoms with E-state index in [0.29, 0.717) is 17.7 Å². The zero-order valence-corrected chi connectivity index (χ0v) is 14.0. The molecule has 0 saturated carbocycles. The number of fused-ring (bicyclic) bond motifs is 1. The fraction of sp³-hybridized carbons (Fsp3) is 0.250. The van der Waals surface area contributed by atoms with E-state index in [4.69, 9.17) is 5.26 Å². The molecule has 2 aromatic carbocycles. The van der Waals surface area contributed by atoms with Crippen LogP contribution in [0, 0.1) is 11.3 Å². The van der Waals surface area contributed by atoms with Crippen molar-refractivity contribution >= 4 is 11.8 Å². The molecule has 126 valence electrons. The van der Waals surface area contributed by atoms with Crippen molar-refractivity contribution in [2.45, 2.75) is 25.9 Å². The SMILES string of the molecule is C[C@@H]1Cc2ccccc2CN1C(=O)CNC(=O)c1ccc(C#N)cc1. The van der Waals surface area contributed by atoms with E-state index in [2.05, 4.69) is 11.4 Å². The third kappa shape index (κ3) is 3.69. The van der Waals surface area contributed by atoms with Crippen LogP contribution in [0.2, 0.25) is 0 Å². The Balaban J connectivity index is 1.60. The van der Waals surface area contributed by atoms with Crippen LogP contribution >= 0.6 is 0 Å². The van der Waals surface area contributed by atoms with Crippen molar-refractivity contribution in [2.75, 3.05) is 6.54 Å². The molecule has 1 N–H and O–H groups in total. The minimum atomic E-state index is -0.317. The summed E-state index contributed by atoms with van der Waals surface area (Å²) in [6.45, 7) is 2.56. The van der Waals surface area contributed by atoms with Crippen LogP contribution < -0.4 is 5.32 Å². The number of carbonyl (C=O) groups excluding carboxylic acids is 2. The maximum absolute atomic E-state index is 12.5. The average Bonchev–Trinajstić information content (AvgIpc) is 2.65. The van der Waals surface area contributed by atoms with Crippen molar-refractivity contribution in [3.63, 3.8) is 0 Å². The number of hydrogen-bond acceptors (Lipinski definition) is 3. The molecule has 1 aliphatic heterocycles. The molecular weight excluding hydrogens is 314 g/mol. The molecule has 1 atom stereocenters. The van der Waals surface area contributed by atoms with E-state index in [1.807, 2.05) is 31.2 Å². The molecular formula is C20H19N3O2. The molecule has 0 unspecified atom stereocenters. The molecule has 5 heteroatoms. The lowest BCUT2D eigenvalue weighted by atomic mass is 9.95. The largest absolute Gasteiger partial charge is 0.343 e. The number of benzene rings is 2. The Morgan fingerprint density at radius 2 is 1.84 bits per heavy atom. The summed E-state index contributed by atoms with van der Waals surface area (Å²) in [6.07, 6.45) is 0.825. The molecule has 25 heavy (non-hydrogen) atoms. The van der Waals surface area contributed by atoms with E-state index in [-0.39, 0.29) is 24.4 Å². The Kier molecular flexibility index (Phi) is 4.80. The maximum Gasteiger partial charge on any atom is 0.251 e. The molecule has 1 aliphatic rings. The fourth-order valence-electron chi connectivity index (χ4n) is 3.07. The minimum Gasteiger partial charge on any atom is -0.343 e. The van der Waals surface area contributed by atoms with Gasteiger partial charge in [0.25, 0.3) is 5.91 Å². The summed E-state index contributed by atoms with van der Waals surface area (Å²) in [5.41, 5.74) is 3.37. The molecule has 1 heterocycles. The Morgan fingerprint density at radius 3 is 2.52 bits per heavy atom. The standard InChI is InChI=1S/C20H19N3O2/c1-14-10-17-4-2-3-5-18(17)13-23(14)19(24)12-22-20(25)16-8-6-15(11-21)7-9-16/h2-9,14H,10,12-13H2,1H3,(H,22,25)/t14-/m1/s1. The van der Waals surface area contributed by atoms with Crippen molar-refractivity contribution in [2.24, 2.45) is 0 Å². The molecule has 2 amide bonds. The maximum atomic E-state index is 12.5. The molecule has 2 aromatic rings. The monoisotopic (exact) mass is 333 g/mol. The highest BCUT2D eigenvalue weighted by Crippen LogP contribution is 2.22. The Morgan fingerprint density at radius 1 is 1.16 bits per heavy atom. The van der Waals surface area contributed by atoms with Gasteiger partial charge in [0.05, 0.1) is 18.2 Å². The van der Waals surface area contributed by atoms with Crippen LogP contribution in [-0.2, 0) is 17.8 Å². The second-order valence-corrected chi connectivity index (χ2v) is 6.22. The van der Waals surface area contributed by atoms with Crippen molar-refractivity contribution in [3.8, 4) is 6.07 Å². The van der Waals surface area contributed by atoms with Gasteiger partial charge in [0.15, 0.2) is 0 Å². The van der Waals surface area contributed by atoms with Crippen molar-refractivity contribution in [1.82, 2.24) is 10.2 Å². The van der Waals surface area contributed by atoms with E-state index >= 15 is 0 Å². The Labute approximate surface area is 146 Å². The summed E-state index contributed by atoms with van der Waals surface area (Å²) in [7, 11) is 0. The van der Waals surface area contributed by atoms with Crippen LogP contribution in [-0.4, -0.2) is 29.3 Å². The van der Waals surface area contributed by atoms with Gasteiger partial charge < -0.3 is 10.2 Å². The molecule has 0 aromatic heterocycles. The molecule has 0 fully saturated rings. The van der Waals surface area contributed by atoms with E-state index in [9.17, 15) is 9.59 Å². The minimum absolute atomic E-state index is 0.0364. The van der Waals surface area contributed by atoms with E-state index < -0.39 is 0 Å². The van der Waals surface area contributed by atoms with E-state index in [1.165, 1.54) is 5.56 Å². The third-order valence-electron chi connectivity index (χ3n) is 4.50. The Hall–Kier alpha value is -3.13. The van der Waals surface area contributed by atoms with Gasteiger partial charge in [0.2, 0.25) is 5.91 Å². The predicted molar refractivity (Wildman–Crippen MR) is 93.6 cm³/mol. The topological polar surface area (TPSA) is 73.2 Å². The lowest BCUT2D eigenvalue weighted by Gasteiger charge is -2.35. The highest BCUT2D eigenvalue weighted by molar-refractivity contribution is 5.96. The summed E-state index contributed by atoms with van der Waals surface area (Å²) in [4.78, 5) is 26.5. The summed E-state index contributed by atoms with van der Waals surface area (Å²) in [5, 5.41) is 11.4. The first-order valence-electron chi connectivity index (χ1n) is 8.23. The van der Waals surface area contributed by atoms with Crippen molar-refractivity contribution < 1.29 is 9.59 Å². The highest BCUT2D eigenvalue weighted by atomic mass is 16.2. The lowest BCUT2D eigenvalue weighted by Crippen LogP contribution is -2.47. The number of rotatable bonds is 3. The van der Waals surface area contributed by atoms with Gasteiger partial charge in [-0.1, -0.05) is 24.3 Å². The molecule has 0 saturated heterocycles. The van der Waals surface area contributed by atoms with Crippen LogP contribution in [0.5, 0.6) is 0 Å². The smallest absolute Gasteiger partial charge is 0.251 e. The van der Waals surface area contributed by atoms with E-state index in [0.717, 1.165) is 12.0 Å². The van der Waals surface area contributed by atoms with Crippen LogP contribution in [0.15, 0.2) is 48.5 Å². The molecule has 0 aliphatic carbocycles. The van der Waals surface area contributed by atoms with Gasteiger partial charge >= 0.3 is 0 Å². The van der Waals surface area contributed by atoms with Gasteiger partial charge in [-0.2, -0.15) is 5.26 Å². The molecule has 0 bridgehead atoms. The van der Waals surface area contributed by atoms with Gasteiger partial charge in [-0.15, -0.1) is 0 Å². The van der Waals surface area contributed by atoms with Crippen LogP contribution in [0.4, 0.5) is 0 Å². The van der Waals surface area contributed by atoms with Gasteiger partial charge in [0, 0.05) is 18.2 Å². The lowest BCUT2D eigenvalue weighted by molar-refractivity contribution is -0.133. The summed E-state index contributed by atoms with van der Waals surface area (Å²) in [6, 6.07) is 16.6. The van der Waals surface area contributed by atoms with E-state index in [1.54, 1.807) is 29.2 Å². The quantitative estimate of drug-likeness (QED) is 0.936. The van der Waals surface area contributed by atoms with Crippen LogP contribution in [0.3, 0.4) is 0 Å². The zero-order valence-electron chi connectivity index (χ0n) is 14.0. The second-order valence-electron chi connectivity index (χ2n) is 6.22. The van der Waals surface area contributed by atoms with Gasteiger partial charge in [-0.25, -0.2) is 0 Å². The number of nitriles is 1. The summed E-state index contributed by atoms with van der Waals surface area (Å²) < 4.78 is 0. The number of nitrogens with one attached hydrogen (secondary N) is 1. The first-order chi connectivity index (χ1) is 12.1. The van der Waals surface area contributed by atoms with Gasteiger partial charge in [-0.3, -0.25) is 9.59 Å². The first kappa shape index (κ1) is 16.7. The number of amides is 2. The molecule has 5 nitrogen and oxygen atoms in total. The molecule has 0 radical (unpaired) electrons. The van der Waals surface area contributed by atoms with Crippen molar-refractivity contribution in [1.29, 1.82) is 5.26 Å². The fourth-order valence-corrected chi connectivity index (χ4v) is 3.07. The summed E-state index contributed by atoms with van der Waals surface area (Å²) >= 11 is 0. The Bertz CT molecular complexity index is 837. The number of nitrogens with zero attached hydrogens (tertiary/aromatic N) is 2. The molecule has 3 rings (SSSR count). The summed E-state index contributed by atoms with van der Waals surface area (Å²) in [5.74, 6) is -0.410. The molecule has 0 spiro atoms. The zero-order chi connectivity index (χ0) is 17.8.